The standard InChI is InChI=1S/C13H29NO2/c1-5-9-13(15)12(6-2)14(7-3)10-11-16-8-4/h12-13,15H,5-11H2,1-4H3. The van der Waals surface area contributed by atoms with Crippen LogP contribution in [0.1, 0.15) is 47.0 Å². The molecule has 0 amide bonds. The largest absolute Gasteiger partial charge is 0.391 e. The highest BCUT2D eigenvalue weighted by atomic mass is 16.5. The van der Waals surface area contributed by atoms with Crippen LogP contribution in [0.15, 0.2) is 0 Å². The lowest BCUT2D eigenvalue weighted by Gasteiger charge is -2.33. The molecule has 0 aromatic rings. The molecule has 0 aromatic carbocycles. The van der Waals surface area contributed by atoms with Crippen molar-refractivity contribution in [3.63, 3.8) is 0 Å². The lowest BCUT2D eigenvalue weighted by atomic mass is 10.0. The van der Waals surface area contributed by atoms with Crippen LogP contribution in [0.3, 0.4) is 0 Å². The van der Waals surface area contributed by atoms with Crippen LogP contribution >= 0.6 is 0 Å². The molecule has 0 radical (unpaired) electrons. The molecule has 0 rings (SSSR count). The van der Waals surface area contributed by atoms with Gasteiger partial charge >= 0.3 is 0 Å². The minimum Gasteiger partial charge on any atom is -0.391 e. The summed E-state index contributed by atoms with van der Waals surface area (Å²) >= 11 is 0. The van der Waals surface area contributed by atoms with E-state index in [-0.39, 0.29) is 12.1 Å². The summed E-state index contributed by atoms with van der Waals surface area (Å²) in [6.45, 7) is 11.9. The normalized spacial score (nSPS) is 15.4. The van der Waals surface area contributed by atoms with Crippen molar-refractivity contribution in [2.24, 2.45) is 0 Å². The van der Waals surface area contributed by atoms with Crippen LogP contribution < -0.4 is 0 Å². The van der Waals surface area contributed by atoms with Crippen molar-refractivity contribution in [2.45, 2.75) is 59.1 Å². The maximum atomic E-state index is 10.1. The highest BCUT2D eigenvalue weighted by molar-refractivity contribution is 4.77. The summed E-state index contributed by atoms with van der Waals surface area (Å²) in [6.07, 6.45) is 2.74. The molecule has 0 aromatic heterocycles. The second-order valence-electron chi connectivity index (χ2n) is 4.16. The summed E-state index contributed by atoms with van der Waals surface area (Å²) in [4.78, 5) is 2.33. The molecule has 3 heteroatoms. The van der Waals surface area contributed by atoms with E-state index in [2.05, 4.69) is 25.7 Å². The molecule has 0 saturated heterocycles. The molecule has 0 bridgehead atoms. The third-order valence-corrected chi connectivity index (χ3v) is 3.05. The SMILES string of the molecule is CCCC(O)C(CC)N(CC)CCOCC. The molecule has 1 N–H and O–H groups in total. The van der Waals surface area contributed by atoms with Crippen molar-refractivity contribution in [1.29, 1.82) is 0 Å². The zero-order valence-corrected chi connectivity index (χ0v) is 11.4. The quantitative estimate of drug-likeness (QED) is 0.586. The maximum Gasteiger partial charge on any atom is 0.0695 e. The van der Waals surface area contributed by atoms with Gasteiger partial charge in [-0.1, -0.05) is 27.2 Å². The molecule has 2 unspecified atom stereocenters. The van der Waals surface area contributed by atoms with Crippen LogP contribution in [-0.4, -0.2) is 48.5 Å². The number of nitrogens with zero attached hydrogens (tertiary/aromatic N) is 1. The van der Waals surface area contributed by atoms with Crippen LogP contribution in [0, 0.1) is 0 Å². The van der Waals surface area contributed by atoms with Gasteiger partial charge in [0.15, 0.2) is 0 Å². The highest BCUT2D eigenvalue weighted by Gasteiger charge is 2.22. The first-order valence-corrected chi connectivity index (χ1v) is 6.70. The Bertz CT molecular complexity index is 153. The Kier molecular flexibility index (Phi) is 9.99. The first kappa shape index (κ1) is 15.9. The number of aliphatic hydroxyl groups is 1. The third-order valence-electron chi connectivity index (χ3n) is 3.05. The number of hydrogen-bond acceptors (Lipinski definition) is 3. The molecule has 16 heavy (non-hydrogen) atoms. The van der Waals surface area contributed by atoms with Gasteiger partial charge in [-0.2, -0.15) is 0 Å². The van der Waals surface area contributed by atoms with Gasteiger partial charge in [-0.05, 0) is 26.3 Å². The Morgan fingerprint density at radius 3 is 2.31 bits per heavy atom. The second-order valence-corrected chi connectivity index (χ2v) is 4.16. The van der Waals surface area contributed by atoms with Gasteiger partial charge in [-0.3, -0.25) is 4.90 Å². The van der Waals surface area contributed by atoms with Crippen LogP contribution in [0.2, 0.25) is 0 Å². The van der Waals surface area contributed by atoms with Gasteiger partial charge in [-0.15, -0.1) is 0 Å². The van der Waals surface area contributed by atoms with Crippen molar-refractivity contribution in [3.05, 3.63) is 0 Å². The van der Waals surface area contributed by atoms with E-state index in [9.17, 15) is 5.11 Å². The molecule has 0 aliphatic rings. The number of hydrogen-bond donors (Lipinski definition) is 1. The molecule has 0 heterocycles. The van der Waals surface area contributed by atoms with Crippen LogP contribution in [0.5, 0.6) is 0 Å². The van der Waals surface area contributed by atoms with E-state index in [1.165, 1.54) is 0 Å². The van der Waals surface area contributed by atoms with E-state index in [1.807, 2.05) is 6.92 Å². The summed E-state index contributed by atoms with van der Waals surface area (Å²) in [5.74, 6) is 0. The molecule has 0 saturated carbocycles. The van der Waals surface area contributed by atoms with E-state index >= 15 is 0 Å². The van der Waals surface area contributed by atoms with Gasteiger partial charge in [-0.25, -0.2) is 0 Å². The molecule has 98 valence electrons. The van der Waals surface area contributed by atoms with E-state index in [1.54, 1.807) is 0 Å². The molecule has 0 aliphatic heterocycles. The van der Waals surface area contributed by atoms with E-state index < -0.39 is 0 Å². The Morgan fingerprint density at radius 2 is 1.88 bits per heavy atom. The molecule has 0 spiro atoms. The van der Waals surface area contributed by atoms with Gasteiger partial charge in [0, 0.05) is 19.2 Å². The zero-order valence-electron chi connectivity index (χ0n) is 11.4. The summed E-state index contributed by atoms with van der Waals surface area (Å²) in [5, 5.41) is 10.1. The Labute approximate surface area is 101 Å². The fourth-order valence-electron chi connectivity index (χ4n) is 2.15. The molecule has 0 aliphatic carbocycles. The zero-order chi connectivity index (χ0) is 12.4. The fourth-order valence-corrected chi connectivity index (χ4v) is 2.15. The predicted molar refractivity (Wildman–Crippen MR) is 68.7 cm³/mol. The highest BCUT2D eigenvalue weighted by Crippen LogP contribution is 2.13. The van der Waals surface area contributed by atoms with E-state index in [0.29, 0.717) is 0 Å². The molecule has 0 fully saturated rings. The topological polar surface area (TPSA) is 32.7 Å². The lowest BCUT2D eigenvalue weighted by molar-refractivity contribution is 0.0248. The van der Waals surface area contributed by atoms with E-state index in [0.717, 1.165) is 45.6 Å². The van der Waals surface area contributed by atoms with Crippen molar-refractivity contribution in [2.75, 3.05) is 26.3 Å². The summed E-state index contributed by atoms with van der Waals surface area (Å²) in [6, 6.07) is 0.283. The number of likely N-dealkylation sites (N-methyl/N-ethyl adjacent to an activating group) is 1. The lowest BCUT2D eigenvalue weighted by Crippen LogP contribution is -2.44. The number of ether oxygens (including phenoxy) is 1. The minimum absolute atomic E-state index is 0.198. The van der Waals surface area contributed by atoms with Crippen LogP contribution in [0.25, 0.3) is 0 Å². The summed E-state index contributed by atoms with van der Waals surface area (Å²) in [7, 11) is 0. The monoisotopic (exact) mass is 231 g/mol. The van der Waals surface area contributed by atoms with Gasteiger partial charge in [0.2, 0.25) is 0 Å². The number of aliphatic hydroxyl groups excluding tert-OH is 1. The smallest absolute Gasteiger partial charge is 0.0695 e. The molecule has 2 atom stereocenters. The van der Waals surface area contributed by atoms with Crippen LogP contribution in [-0.2, 0) is 4.74 Å². The van der Waals surface area contributed by atoms with Crippen molar-refractivity contribution < 1.29 is 9.84 Å². The maximum absolute atomic E-state index is 10.1. The first-order valence-electron chi connectivity index (χ1n) is 6.70. The summed E-state index contributed by atoms with van der Waals surface area (Å²) < 4.78 is 5.38. The van der Waals surface area contributed by atoms with Gasteiger partial charge < -0.3 is 9.84 Å². The van der Waals surface area contributed by atoms with Gasteiger partial charge in [0.25, 0.3) is 0 Å². The predicted octanol–water partition coefficient (Wildman–Crippen LogP) is 2.28. The van der Waals surface area contributed by atoms with Crippen molar-refractivity contribution >= 4 is 0 Å². The van der Waals surface area contributed by atoms with Gasteiger partial charge in [0.05, 0.1) is 12.7 Å². The average molecular weight is 231 g/mol. The van der Waals surface area contributed by atoms with Crippen LogP contribution in [0.4, 0.5) is 0 Å². The Hall–Kier alpha value is -0.120. The fraction of sp³-hybridized carbons (Fsp3) is 1.00. The second kappa shape index (κ2) is 10.1. The van der Waals surface area contributed by atoms with Crippen molar-refractivity contribution in [1.82, 2.24) is 4.90 Å². The number of rotatable bonds is 10. The molecule has 3 nitrogen and oxygen atoms in total. The first-order chi connectivity index (χ1) is 7.71. The minimum atomic E-state index is -0.198. The Balaban J connectivity index is 4.14. The molecular weight excluding hydrogens is 202 g/mol. The van der Waals surface area contributed by atoms with E-state index in [4.69, 9.17) is 4.74 Å². The summed E-state index contributed by atoms with van der Waals surface area (Å²) in [5.41, 5.74) is 0. The van der Waals surface area contributed by atoms with Gasteiger partial charge in [0.1, 0.15) is 0 Å². The third kappa shape index (κ3) is 5.83. The average Bonchev–Trinajstić information content (AvgIpc) is 2.28. The Morgan fingerprint density at radius 1 is 1.19 bits per heavy atom. The van der Waals surface area contributed by atoms with Crippen molar-refractivity contribution in [3.8, 4) is 0 Å². The molecular formula is C13H29NO2.